The number of aromatic nitrogens is 3. The maximum atomic E-state index is 13.8. The van der Waals surface area contributed by atoms with Crippen molar-refractivity contribution in [2.75, 3.05) is 5.32 Å². The topological polar surface area (TPSA) is 70.7 Å². The van der Waals surface area contributed by atoms with Crippen molar-refractivity contribution >= 4 is 27.5 Å². The van der Waals surface area contributed by atoms with Gasteiger partial charge in [0.1, 0.15) is 11.6 Å². The standard InChI is InChI=1S/C20H18BrFN4O/c21-15-7-3-12(17(22)11-15)6-10-18(27)23-16-8-4-14(5-9-16)20-24-19(25-26-20)13-1-2-13/h3-5,7-9,11,13H,1-2,6,10H2,(H,23,27)(H,24,25,26). The number of halogens is 2. The number of aryl methyl sites for hydroxylation is 1. The number of H-pyrrole nitrogens is 1. The first-order chi connectivity index (χ1) is 13.1. The fourth-order valence-corrected chi connectivity index (χ4v) is 3.17. The number of carbonyl (C=O) groups excluding carboxylic acids is 1. The van der Waals surface area contributed by atoms with Crippen molar-refractivity contribution in [2.45, 2.75) is 31.6 Å². The van der Waals surface area contributed by atoms with E-state index in [-0.39, 0.29) is 18.1 Å². The summed E-state index contributed by atoms with van der Waals surface area (Å²) in [6.45, 7) is 0. The minimum Gasteiger partial charge on any atom is -0.326 e. The first kappa shape index (κ1) is 17.9. The lowest BCUT2D eigenvalue weighted by atomic mass is 10.1. The Morgan fingerprint density at radius 2 is 2.00 bits per heavy atom. The Morgan fingerprint density at radius 3 is 2.70 bits per heavy atom. The van der Waals surface area contributed by atoms with Crippen LogP contribution in [-0.4, -0.2) is 21.1 Å². The molecule has 0 spiro atoms. The van der Waals surface area contributed by atoms with Gasteiger partial charge in [0.15, 0.2) is 5.82 Å². The summed E-state index contributed by atoms with van der Waals surface area (Å²) in [5.74, 6) is 1.68. The van der Waals surface area contributed by atoms with Crippen LogP contribution in [0.4, 0.5) is 10.1 Å². The number of nitrogens with one attached hydrogen (secondary N) is 2. The third-order valence-corrected chi connectivity index (χ3v) is 5.02. The number of benzene rings is 2. The minimum absolute atomic E-state index is 0.154. The first-order valence-electron chi connectivity index (χ1n) is 8.85. The Balaban J connectivity index is 1.34. The van der Waals surface area contributed by atoms with Gasteiger partial charge in [0.25, 0.3) is 0 Å². The lowest BCUT2D eigenvalue weighted by Crippen LogP contribution is -2.12. The molecule has 4 rings (SSSR count). The average Bonchev–Trinajstić information content (AvgIpc) is 3.39. The second-order valence-electron chi connectivity index (χ2n) is 6.68. The summed E-state index contributed by atoms with van der Waals surface area (Å²) in [4.78, 5) is 16.6. The molecule has 0 atom stereocenters. The molecule has 5 nitrogen and oxygen atoms in total. The summed E-state index contributed by atoms with van der Waals surface area (Å²) >= 11 is 3.22. The van der Waals surface area contributed by atoms with Crippen LogP contribution in [0.3, 0.4) is 0 Å². The molecule has 3 aromatic rings. The van der Waals surface area contributed by atoms with E-state index in [4.69, 9.17) is 0 Å². The van der Waals surface area contributed by atoms with Crippen LogP contribution in [0.2, 0.25) is 0 Å². The molecule has 0 saturated heterocycles. The number of hydrogen-bond acceptors (Lipinski definition) is 3. The van der Waals surface area contributed by atoms with E-state index in [9.17, 15) is 9.18 Å². The van der Waals surface area contributed by atoms with E-state index in [1.165, 1.54) is 18.9 Å². The monoisotopic (exact) mass is 428 g/mol. The third-order valence-electron chi connectivity index (χ3n) is 4.53. The number of anilines is 1. The molecule has 2 aromatic carbocycles. The zero-order chi connectivity index (χ0) is 18.8. The molecule has 0 aliphatic heterocycles. The molecule has 1 heterocycles. The molecule has 2 N–H and O–H groups in total. The van der Waals surface area contributed by atoms with Crippen LogP contribution in [-0.2, 0) is 11.2 Å². The van der Waals surface area contributed by atoms with Crippen LogP contribution < -0.4 is 5.32 Å². The van der Waals surface area contributed by atoms with Gasteiger partial charge >= 0.3 is 0 Å². The van der Waals surface area contributed by atoms with E-state index in [2.05, 4.69) is 36.4 Å². The number of nitrogens with zero attached hydrogens (tertiary/aromatic N) is 2. The van der Waals surface area contributed by atoms with Gasteiger partial charge in [-0.1, -0.05) is 22.0 Å². The summed E-state index contributed by atoms with van der Waals surface area (Å²) in [5, 5.41) is 10.1. The summed E-state index contributed by atoms with van der Waals surface area (Å²) < 4.78 is 14.5. The number of rotatable bonds is 6. The summed E-state index contributed by atoms with van der Waals surface area (Å²) in [6, 6.07) is 12.3. The van der Waals surface area contributed by atoms with E-state index in [1.54, 1.807) is 12.1 Å². The minimum atomic E-state index is -0.307. The van der Waals surface area contributed by atoms with Crippen LogP contribution in [0.1, 0.15) is 36.6 Å². The molecule has 0 bridgehead atoms. The fourth-order valence-electron chi connectivity index (χ4n) is 2.84. The van der Waals surface area contributed by atoms with Gasteiger partial charge in [0, 0.05) is 28.1 Å². The first-order valence-corrected chi connectivity index (χ1v) is 9.64. The summed E-state index contributed by atoms with van der Waals surface area (Å²) in [6.07, 6.45) is 2.91. The Morgan fingerprint density at radius 1 is 1.22 bits per heavy atom. The molecule has 27 heavy (non-hydrogen) atoms. The number of aromatic amines is 1. The van der Waals surface area contributed by atoms with Gasteiger partial charge in [0.05, 0.1) is 0 Å². The molecule has 1 saturated carbocycles. The molecular weight excluding hydrogens is 411 g/mol. The van der Waals surface area contributed by atoms with Crippen LogP contribution >= 0.6 is 15.9 Å². The van der Waals surface area contributed by atoms with E-state index >= 15 is 0 Å². The quantitative estimate of drug-likeness (QED) is 0.590. The fraction of sp³-hybridized carbons (Fsp3) is 0.250. The molecule has 1 fully saturated rings. The predicted octanol–water partition coefficient (Wildman–Crippen LogP) is 4.82. The van der Waals surface area contributed by atoms with Crippen LogP contribution in [0.25, 0.3) is 11.4 Å². The Bertz CT molecular complexity index is 966. The van der Waals surface area contributed by atoms with Crippen molar-refractivity contribution in [2.24, 2.45) is 0 Å². The van der Waals surface area contributed by atoms with Gasteiger partial charge in [-0.25, -0.2) is 9.37 Å². The molecule has 1 aromatic heterocycles. The number of carbonyl (C=O) groups is 1. The van der Waals surface area contributed by atoms with Crippen molar-refractivity contribution in [3.8, 4) is 11.4 Å². The third kappa shape index (κ3) is 4.42. The van der Waals surface area contributed by atoms with Crippen molar-refractivity contribution in [1.82, 2.24) is 15.2 Å². The van der Waals surface area contributed by atoms with Gasteiger partial charge in [-0.15, -0.1) is 0 Å². The van der Waals surface area contributed by atoms with Crippen molar-refractivity contribution in [3.05, 3.63) is 64.1 Å². The maximum Gasteiger partial charge on any atom is 0.224 e. The van der Waals surface area contributed by atoms with Crippen LogP contribution in [0.5, 0.6) is 0 Å². The van der Waals surface area contributed by atoms with Gasteiger partial charge in [-0.3, -0.25) is 9.89 Å². The average molecular weight is 429 g/mol. The molecular formula is C20H18BrFN4O. The van der Waals surface area contributed by atoms with E-state index in [0.717, 1.165) is 11.4 Å². The highest BCUT2D eigenvalue weighted by Crippen LogP contribution is 2.38. The SMILES string of the molecule is O=C(CCc1ccc(Br)cc1F)Nc1ccc(-c2n[nH]c(C3CC3)n2)cc1. The van der Waals surface area contributed by atoms with Crippen molar-refractivity contribution < 1.29 is 9.18 Å². The van der Waals surface area contributed by atoms with Crippen molar-refractivity contribution in [3.63, 3.8) is 0 Å². The highest BCUT2D eigenvalue weighted by molar-refractivity contribution is 9.10. The second-order valence-corrected chi connectivity index (χ2v) is 7.60. The summed E-state index contributed by atoms with van der Waals surface area (Å²) in [5.41, 5.74) is 2.12. The van der Waals surface area contributed by atoms with Crippen LogP contribution in [0.15, 0.2) is 46.9 Å². The number of hydrogen-bond donors (Lipinski definition) is 2. The zero-order valence-electron chi connectivity index (χ0n) is 14.5. The summed E-state index contributed by atoms with van der Waals surface area (Å²) in [7, 11) is 0. The van der Waals surface area contributed by atoms with Gasteiger partial charge < -0.3 is 5.32 Å². The van der Waals surface area contributed by atoms with Crippen molar-refractivity contribution in [1.29, 1.82) is 0 Å². The van der Waals surface area contributed by atoms with Gasteiger partial charge in [-0.2, -0.15) is 5.10 Å². The smallest absolute Gasteiger partial charge is 0.224 e. The van der Waals surface area contributed by atoms with Gasteiger partial charge in [-0.05, 0) is 61.2 Å². The second kappa shape index (κ2) is 7.60. The molecule has 1 aliphatic rings. The lowest BCUT2D eigenvalue weighted by molar-refractivity contribution is -0.116. The molecule has 138 valence electrons. The maximum absolute atomic E-state index is 13.8. The number of amides is 1. The molecule has 1 amide bonds. The van der Waals surface area contributed by atoms with Crippen LogP contribution in [0, 0.1) is 5.82 Å². The predicted molar refractivity (Wildman–Crippen MR) is 105 cm³/mol. The largest absolute Gasteiger partial charge is 0.326 e. The Hall–Kier alpha value is -2.54. The van der Waals surface area contributed by atoms with E-state index in [0.29, 0.717) is 33.9 Å². The Kier molecular flexibility index (Phi) is 5.03. The zero-order valence-corrected chi connectivity index (χ0v) is 16.1. The normalized spacial score (nSPS) is 13.6. The van der Waals surface area contributed by atoms with E-state index in [1.807, 2.05) is 24.3 Å². The lowest BCUT2D eigenvalue weighted by Gasteiger charge is -2.07. The molecule has 0 unspecified atom stereocenters. The molecule has 1 aliphatic carbocycles. The molecule has 7 heteroatoms. The van der Waals surface area contributed by atoms with E-state index < -0.39 is 0 Å². The molecule has 0 radical (unpaired) electrons. The highest BCUT2D eigenvalue weighted by atomic mass is 79.9. The Labute approximate surface area is 164 Å². The highest BCUT2D eigenvalue weighted by Gasteiger charge is 2.27. The van der Waals surface area contributed by atoms with Gasteiger partial charge in [0.2, 0.25) is 5.91 Å².